The number of benzene rings is 1. The maximum Gasteiger partial charge on any atom is 0.0568 e. The van der Waals surface area contributed by atoms with Gasteiger partial charge in [0, 0.05) is 16.7 Å². The zero-order chi connectivity index (χ0) is 11.4. The van der Waals surface area contributed by atoms with Crippen molar-refractivity contribution in [3.05, 3.63) is 27.7 Å². The summed E-state index contributed by atoms with van der Waals surface area (Å²) in [5, 5.41) is 7.58. The minimum absolute atomic E-state index is 0.760. The third-order valence-electron chi connectivity index (χ3n) is 2.97. The first-order chi connectivity index (χ1) is 7.75. The minimum atomic E-state index is 0.760. The predicted molar refractivity (Wildman–Crippen MR) is 73.2 cm³/mol. The predicted octanol–water partition coefficient (Wildman–Crippen LogP) is 3.51. The zero-order valence-corrected chi connectivity index (χ0v) is 11.4. The van der Waals surface area contributed by atoms with E-state index in [1.54, 1.807) is 0 Å². The number of nitrogens with one attached hydrogen (secondary N) is 2. The van der Waals surface area contributed by atoms with Crippen LogP contribution in [0.2, 0.25) is 5.02 Å². The molecule has 0 radical (unpaired) electrons. The highest BCUT2D eigenvalue weighted by atomic mass is 79.9. The summed E-state index contributed by atoms with van der Waals surface area (Å²) in [6.07, 6.45) is 2.52. The van der Waals surface area contributed by atoms with E-state index in [1.165, 1.54) is 12.8 Å². The van der Waals surface area contributed by atoms with E-state index in [0.717, 1.165) is 40.7 Å². The SMILES string of the molecule is Clc1cc(NCC2CCNCC2)ccc1Br. The molecule has 1 aliphatic heterocycles. The van der Waals surface area contributed by atoms with Crippen molar-refractivity contribution < 1.29 is 0 Å². The molecule has 0 aliphatic carbocycles. The van der Waals surface area contributed by atoms with Gasteiger partial charge in [-0.15, -0.1) is 0 Å². The van der Waals surface area contributed by atoms with E-state index in [4.69, 9.17) is 11.6 Å². The van der Waals surface area contributed by atoms with Gasteiger partial charge in [-0.2, -0.15) is 0 Å². The van der Waals surface area contributed by atoms with E-state index >= 15 is 0 Å². The van der Waals surface area contributed by atoms with Crippen molar-refractivity contribution in [2.75, 3.05) is 25.0 Å². The Morgan fingerprint density at radius 1 is 1.38 bits per heavy atom. The van der Waals surface area contributed by atoms with Crippen molar-refractivity contribution in [2.24, 2.45) is 5.92 Å². The molecule has 2 nitrogen and oxygen atoms in total. The number of hydrogen-bond acceptors (Lipinski definition) is 2. The summed E-state index contributed by atoms with van der Waals surface area (Å²) in [6.45, 7) is 3.33. The second-order valence-electron chi connectivity index (χ2n) is 4.20. The molecule has 1 aromatic rings. The third-order valence-corrected chi connectivity index (χ3v) is 4.21. The van der Waals surface area contributed by atoms with Crippen molar-refractivity contribution in [2.45, 2.75) is 12.8 Å². The molecule has 0 unspecified atom stereocenters. The van der Waals surface area contributed by atoms with Gasteiger partial charge in [0.1, 0.15) is 0 Å². The Bertz CT molecular complexity index is 351. The maximum absolute atomic E-state index is 6.04. The average Bonchev–Trinajstić information content (AvgIpc) is 2.32. The Balaban J connectivity index is 1.86. The van der Waals surface area contributed by atoms with E-state index in [0.29, 0.717) is 0 Å². The Labute approximate surface area is 110 Å². The molecule has 0 amide bonds. The number of hydrogen-bond donors (Lipinski definition) is 2. The highest BCUT2D eigenvalue weighted by molar-refractivity contribution is 9.10. The lowest BCUT2D eigenvalue weighted by Crippen LogP contribution is -2.31. The number of piperidine rings is 1. The van der Waals surface area contributed by atoms with Gasteiger partial charge in [-0.3, -0.25) is 0 Å². The topological polar surface area (TPSA) is 24.1 Å². The van der Waals surface area contributed by atoms with Crippen LogP contribution in [-0.2, 0) is 0 Å². The molecule has 2 rings (SSSR count). The largest absolute Gasteiger partial charge is 0.385 e. The molecular formula is C12H16BrClN2. The molecular weight excluding hydrogens is 288 g/mol. The first-order valence-corrected chi connectivity index (χ1v) is 6.82. The highest BCUT2D eigenvalue weighted by Crippen LogP contribution is 2.25. The molecule has 1 saturated heterocycles. The Morgan fingerprint density at radius 2 is 2.12 bits per heavy atom. The van der Waals surface area contributed by atoms with E-state index in [-0.39, 0.29) is 0 Å². The summed E-state index contributed by atoms with van der Waals surface area (Å²) in [5.41, 5.74) is 1.10. The first kappa shape index (κ1) is 12.2. The quantitative estimate of drug-likeness (QED) is 0.893. The van der Waals surface area contributed by atoms with Gasteiger partial charge in [0.05, 0.1) is 5.02 Å². The molecule has 2 N–H and O–H groups in total. The average molecular weight is 304 g/mol. The van der Waals surface area contributed by atoms with Crippen LogP contribution in [0.3, 0.4) is 0 Å². The summed E-state index contributed by atoms with van der Waals surface area (Å²) >= 11 is 9.43. The van der Waals surface area contributed by atoms with Gasteiger partial charge in [0.2, 0.25) is 0 Å². The maximum atomic E-state index is 6.04. The van der Waals surface area contributed by atoms with Crippen molar-refractivity contribution in [3.63, 3.8) is 0 Å². The summed E-state index contributed by atoms with van der Waals surface area (Å²) in [6, 6.07) is 6.00. The Morgan fingerprint density at radius 3 is 2.81 bits per heavy atom. The second kappa shape index (κ2) is 5.89. The fourth-order valence-corrected chi connectivity index (χ4v) is 2.38. The summed E-state index contributed by atoms with van der Waals surface area (Å²) < 4.78 is 0.946. The lowest BCUT2D eigenvalue weighted by molar-refractivity contribution is 0.390. The van der Waals surface area contributed by atoms with Crippen LogP contribution in [0.1, 0.15) is 12.8 Å². The van der Waals surface area contributed by atoms with Crippen LogP contribution in [0.5, 0.6) is 0 Å². The first-order valence-electron chi connectivity index (χ1n) is 5.65. The van der Waals surface area contributed by atoms with Crippen LogP contribution in [0.15, 0.2) is 22.7 Å². The van der Waals surface area contributed by atoms with E-state index in [9.17, 15) is 0 Å². The molecule has 0 spiro atoms. The fourth-order valence-electron chi connectivity index (χ4n) is 1.95. The van der Waals surface area contributed by atoms with Gasteiger partial charge in [-0.05, 0) is 66.0 Å². The van der Waals surface area contributed by atoms with Gasteiger partial charge in [0.25, 0.3) is 0 Å². The lowest BCUT2D eigenvalue weighted by Gasteiger charge is -2.23. The molecule has 1 fully saturated rings. The molecule has 1 aliphatic rings. The Hall–Kier alpha value is -0.250. The van der Waals surface area contributed by atoms with Crippen molar-refractivity contribution >= 4 is 33.2 Å². The minimum Gasteiger partial charge on any atom is -0.385 e. The summed E-state index contributed by atoms with van der Waals surface area (Å²) in [5.74, 6) is 0.781. The molecule has 88 valence electrons. The van der Waals surface area contributed by atoms with Gasteiger partial charge in [-0.25, -0.2) is 0 Å². The van der Waals surface area contributed by atoms with Crippen molar-refractivity contribution in [1.82, 2.24) is 5.32 Å². The van der Waals surface area contributed by atoms with Gasteiger partial charge < -0.3 is 10.6 Å². The summed E-state index contributed by atoms with van der Waals surface area (Å²) in [4.78, 5) is 0. The van der Waals surface area contributed by atoms with Gasteiger partial charge >= 0.3 is 0 Å². The molecule has 1 heterocycles. The van der Waals surface area contributed by atoms with Crippen LogP contribution in [-0.4, -0.2) is 19.6 Å². The van der Waals surface area contributed by atoms with E-state index in [1.807, 2.05) is 12.1 Å². The molecule has 0 aromatic heterocycles. The molecule has 0 saturated carbocycles. The number of anilines is 1. The zero-order valence-electron chi connectivity index (χ0n) is 9.10. The monoisotopic (exact) mass is 302 g/mol. The lowest BCUT2D eigenvalue weighted by atomic mass is 9.98. The van der Waals surface area contributed by atoms with Crippen molar-refractivity contribution in [3.8, 4) is 0 Å². The second-order valence-corrected chi connectivity index (χ2v) is 5.46. The molecule has 1 aromatic carbocycles. The smallest absolute Gasteiger partial charge is 0.0568 e. The molecule has 16 heavy (non-hydrogen) atoms. The van der Waals surface area contributed by atoms with Crippen LogP contribution >= 0.6 is 27.5 Å². The van der Waals surface area contributed by atoms with Gasteiger partial charge in [0.15, 0.2) is 0 Å². The van der Waals surface area contributed by atoms with Gasteiger partial charge in [-0.1, -0.05) is 11.6 Å². The highest BCUT2D eigenvalue weighted by Gasteiger charge is 2.12. The van der Waals surface area contributed by atoms with E-state index < -0.39 is 0 Å². The molecule has 4 heteroatoms. The van der Waals surface area contributed by atoms with Crippen LogP contribution in [0.4, 0.5) is 5.69 Å². The van der Waals surface area contributed by atoms with E-state index in [2.05, 4.69) is 32.6 Å². The van der Waals surface area contributed by atoms with Crippen LogP contribution in [0, 0.1) is 5.92 Å². The standard InChI is InChI=1S/C12H16BrClN2/c13-11-2-1-10(7-12(11)14)16-8-9-3-5-15-6-4-9/h1-2,7,9,15-16H,3-6,8H2. The normalized spacial score (nSPS) is 17.4. The third kappa shape index (κ3) is 3.37. The number of halogens is 2. The fraction of sp³-hybridized carbons (Fsp3) is 0.500. The Kier molecular flexibility index (Phi) is 4.50. The van der Waals surface area contributed by atoms with Crippen LogP contribution in [0.25, 0.3) is 0 Å². The molecule has 0 atom stereocenters. The number of rotatable bonds is 3. The van der Waals surface area contributed by atoms with Crippen LogP contribution < -0.4 is 10.6 Å². The van der Waals surface area contributed by atoms with Crippen molar-refractivity contribution in [1.29, 1.82) is 0 Å². The molecule has 0 bridgehead atoms. The summed E-state index contributed by atoms with van der Waals surface area (Å²) in [7, 11) is 0.